The Morgan fingerprint density at radius 2 is 2.06 bits per heavy atom. The van der Waals surface area contributed by atoms with Crippen molar-refractivity contribution >= 4 is 33.2 Å². The van der Waals surface area contributed by atoms with Crippen LogP contribution in [0.3, 0.4) is 0 Å². The van der Waals surface area contributed by atoms with E-state index in [0.29, 0.717) is 5.02 Å². The fraction of sp³-hybridized carbons (Fsp3) is 0.0909. The number of nitriles is 2. The maximum atomic E-state index is 8.56. The number of rotatable bonds is 2. The zero-order chi connectivity index (χ0) is 12.1. The summed E-state index contributed by atoms with van der Waals surface area (Å²) < 4.78 is 0.807. The van der Waals surface area contributed by atoms with Crippen molar-refractivity contribution in [3.63, 3.8) is 0 Å². The van der Waals surface area contributed by atoms with Crippen molar-refractivity contribution in [1.82, 2.24) is 0 Å². The van der Waals surface area contributed by atoms with Crippen LogP contribution < -0.4 is 5.32 Å². The molecule has 0 heterocycles. The number of hydrogen-bond donors (Lipinski definition) is 1. The first-order valence-corrected chi connectivity index (χ1v) is 5.48. The van der Waals surface area contributed by atoms with Crippen molar-refractivity contribution in [2.75, 3.05) is 5.32 Å². The Labute approximate surface area is 107 Å². The van der Waals surface area contributed by atoms with Crippen LogP contribution in [-0.2, 0) is 0 Å². The normalized spacial score (nSPS) is 8.81. The average molecular weight is 297 g/mol. The first-order valence-electron chi connectivity index (χ1n) is 4.31. The zero-order valence-corrected chi connectivity index (χ0v) is 10.7. The molecular weight excluding hydrogens is 289 g/mol. The highest BCUT2D eigenvalue weighted by molar-refractivity contribution is 9.10. The third kappa shape index (κ3) is 3.00. The van der Waals surface area contributed by atoms with Crippen LogP contribution in [-0.4, -0.2) is 0 Å². The van der Waals surface area contributed by atoms with Gasteiger partial charge in [-0.15, -0.1) is 0 Å². The summed E-state index contributed by atoms with van der Waals surface area (Å²) in [5.41, 5.74) is 1.73. The minimum Gasteiger partial charge on any atom is -0.360 e. The average Bonchev–Trinajstić information content (AvgIpc) is 2.26. The zero-order valence-electron chi connectivity index (χ0n) is 8.38. The molecule has 0 bridgehead atoms. The Hall–Kier alpha value is -1.49. The van der Waals surface area contributed by atoms with Crippen LogP contribution in [0.25, 0.3) is 0 Å². The third-order valence-electron chi connectivity index (χ3n) is 1.88. The predicted octanol–water partition coefficient (Wildman–Crippen LogP) is 3.75. The van der Waals surface area contributed by atoms with E-state index in [2.05, 4.69) is 21.2 Å². The molecule has 0 unspecified atom stereocenters. The SMILES string of the molecule is Cc1cc(Br)c(Cl)cc1NC=C(C#N)C#N. The van der Waals surface area contributed by atoms with E-state index in [1.54, 1.807) is 18.2 Å². The molecular formula is C11H7BrClN3. The molecule has 0 atom stereocenters. The molecule has 0 saturated carbocycles. The molecule has 0 saturated heterocycles. The molecule has 0 aliphatic heterocycles. The minimum absolute atomic E-state index is 0.0124. The first kappa shape index (κ1) is 12.6. The maximum absolute atomic E-state index is 8.56. The molecule has 0 fully saturated rings. The van der Waals surface area contributed by atoms with Crippen LogP contribution in [0.2, 0.25) is 5.02 Å². The summed E-state index contributed by atoms with van der Waals surface area (Å²) in [6.45, 7) is 1.90. The van der Waals surface area contributed by atoms with Gasteiger partial charge in [0.25, 0.3) is 0 Å². The summed E-state index contributed by atoms with van der Waals surface area (Å²) in [6.07, 6.45) is 1.35. The smallest absolute Gasteiger partial charge is 0.145 e. The molecule has 1 aromatic rings. The monoisotopic (exact) mass is 295 g/mol. The minimum atomic E-state index is 0.0124. The second kappa shape index (κ2) is 5.55. The van der Waals surface area contributed by atoms with Crippen LogP contribution in [0.5, 0.6) is 0 Å². The topological polar surface area (TPSA) is 59.6 Å². The fourth-order valence-electron chi connectivity index (χ4n) is 1.04. The number of allylic oxidation sites excluding steroid dienone is 1. The number of nitrogens with one attached hydrogen (secondary N) is 1. The molecule has 0 radical (unpaired) electrons. The van der Waals surface area contributed by atoms with Crippen LogP contribution in [0.4, 0.5) is 5.69 Å². The maximum Gasteiger partial charge on any atom is 0.145 e. The number of nitrogens with zero attached hydrogens (tertiary/aromatic N) is 2. The van der Waals surface area contributed by atoms with Gasteiger partial charge in [-0.1, -0.05) is 11.6 Å². The van der Waals surface area contributed by atoms with Crippen molar-refractivity contribution in [1.29, 1.82) is 10.5 Å². The fourth-order valence-corrected chi connectivity index (χ4v) is 1.66. The van der Waals surface area contributed by atoms with E-state index < -0.39 is 0 Å². The van der Waals surface area contributed by atoms with Crippen LogP contribution in [0.15, 0.2) is 28.4 Å². The van der Waals surface area contributed by atoms with Crippen molar-refractivity contribution in [3.8, 4) is 12.1 Å². The quantitative estimate of drug-likeness (QED) is 0.845. The van der Waals surface area contributed by atoms with E-state index in [1.165, 1.54) is 6.20 Å². The molecule has 16 heavy (non-hydrogen) atoms. The Balaban J connectivity index is 3.01. The highest BCUT2D eigenvalue weighted by atomic mass is 79.9. The van der Waals surface area contributed by atoms with Gasteiger partial charge in [0.1, 0.15) is 17.7 Å². The number of anilines is 1. The number of halogens is 2. The van der Waals surface area contributed by atoms with Gasteiger partial charge in [0, 0.05) is 16.4 Å². The molecule has 0 aliphatic rings. The van der Waals surface area contributed by atoms with E-state index in [1.807, 2.05) is 13.0 Å². The molecule has 0 amide bonds. The van der Waals surface area contributed by atoms with Crippen molar-refractivity contribution in [3.05, 3.63) is 39.0 Å². The summed E-state index contributed by atoms with van der Waals surface area (Å²) in [4.78, 5) is 0. The van der Waals surface area contributed by atoms with Crippen molar-refractivity contribution < 1.29 is 0 Å². The largest absolute Gasteiger partial charge is 0.360 e. The molecule has 5 heteroatoms. The van der Waals surface area contributed by atoms with Crippen LogP contribution in [0.1, 0.15) is 5.56 Å². The van der Waals surface area contributed by atoms with E-state index in [9.17, 15) is 0 Å². The second-order valence-electron chi connectivity index (χ2n) is 3.01. The highest BCUT2D eigenvalue weighted by Gasteiger charge is 2.03. The lowest BCUT2D eigenvalue weighted by Gasteiger charge is -2.07. The Morgan fingerprint density at radius 3 is 2.62 bits per heavy atom. The predicted molar refractivity (Wildman–Crippen MR) is 66.8 cm³/mol. The first-order chi connectivity index (χ1) is 7.58. The number of benzene rings is 1. The lowest BCUT2D eigenvalue weighted by Crippen LogP contribution is -1.93. The van der Waals surface area contributed by atoms with E-state index >= 15 is 0 Å². The standard InChI is InChI=1S/C11H7BrClN3/c1-7-2-9(12)10(13)3-11(7)16-6-8(4-14)5-15/h2-3,6,16H,1H3. The van der Waals surface area contributed by atoms with E-state index in [0.717, 1.165) is 15.7 Å². The molecule has 80 valence electrons. The summed E-state index contributed by atoms with van der Waals surface area (Å²) in [5, 5.41) is 20.6. The summed E-state index contributed by atoms with van der Waals surface area (Å²) in [7, 11) is 0. The third-order valence-corrected chi connectivity index (χ3v) is 3.08. The molecule has 1 rings (SSSR count). The second-order valence-corrected chi connectivity index (χ2v) is 4.27. The van der Waals surface area contributed by atoms with Gasteiger partial charge in [-0.2, -0.15) is 10.5 Å². The number of aryl methyl sites for hydroxylation is 1. The molecule has 1 aromatic carbocycles. The Bertz CT molecular complexity index is 507. The lowest BCUT2D eigenvalue weighted by atomic mass is 10.2. The Morgan fingerprint density at radius 1 is 1.44 bits per heavy atom. The van der Waals surface area contributed by atoms with E-state index in [-0.39, 0.29) is 5.57 Å². The van der Waals surface area contributed by atoms with Crippen LogP contribution >= 0.6 is 27.5 Å². The molecule has 0 aromatic heterocycles. The summed E-state index contributed by atoms with van der Waals surface area (Å²) >= 11 is 9.24. The van der Waals surface area contributed by atoms with E-state index in [4.69, 9.17) is 22.1 Å². The summed E-state index contributed by atoms with van der Waals surface area (Å²) in [6, 6.07) is 7.11. The van der Waals surface area contributed by atoms with Gasteiger partial charge in [-0.25, -0.2) is 0 Å². The van der Waals surface area contributed by atoms with Crippen molar-refractivity contribution in [2.45, 2.75) is 6.92 Å². The molecule has 0 aliphatic carbocycles. The molecule has 0 spiro atoms. The molecule has 3 nitrogen and oxygen atoms in total. The highest BCUT2D eigenvalue weighted by Crippen LogP contribution is 2.28. The van der Waals surface area contributed by atoms with Gasteiger partial charge < -0.3 is 5.32 Å². The van der Waals surface area contributed by atoms with Crippen molar-refractivity contribution in [2.24, 2.45) is 0 Å². The molecule has 1 N–H and O–H groups in total. The lowest BCUT2D eigenvalue weighted by molar-refractivity contribution is 1.40. The van der Waals surface area contributed by atoms with Gasteiger partial charge >= 0.3 is 0 Å². The van der Waals surface area contributed by atoms with Gasteiger partial charge in [0.05, 0.1) is 5.02 Å². The van der Waals surface area contributed by atoms with Gasteiger partial charge in [0.15, 0.2) is 0 Å². The summed E-state index contributed by atoms with van der Waals surface area (Å²) in [5.74, 6) is 0. The Kier molecular flexibility index (Phi) is 4.37. The van der Waals surface area contributed by atoms with Gasteiger partial charge in [0.2, 0.25) is 0 Å². The van der Waals surface area contributed by atoms with Gasteiger partial charge in [-0.3, -0.25) is 0 Å². The van der Waals surface area contributed by atoms with Crippen LogP contribution in [0, 0.1) is 29.6 Å². The number of hydrogen-bond acceptors (Lipinski definition) is 3. The van der Waals surface area contributed by atoms with Gasteiger partial charge in [-0.05, 0) is 40.5 Å².